The van der Waals surface area contributed by atoms with E-state index in [9.17, 15) is 14.0 Å². The van der Waals surface area contributed by atoms with Gasteiger partial charge in [0, 0.05) is 6.54 Å². The van der Waals surface area contributed by atoms with Crippen LogP contribution < -0.4 is 10.1 Å². The molecule has 0 aromatic heterocycles. The van der Waals surface area contributed by atoms with E-state index in [-0.39, 0.29) is 12.5 Å². The summed E-state index contributed by atoms with van der Waals surface area (Å²) in [6.07, 6.45) is -0.198. The van der Waals surface area contributed by atoms with E-state index >= 15 is 0 Å². The first-order valence-electron chi connectivity index (χ1n) is 8.36. The van der Waals surface area contributed by atoms with E-state index in [2.05, 4.69) is 5.32 Å². The third kappa shape index (κ3) is 6.20. The fourth-order valence-electron chi connectivity index (χ4n) is 2.30. The van der Waals surface area contributed by atoms with Crippen molar-refractivity contribution in [2.75, 3.05) is 13.2 Å². The SMILES string of the molecule is Cc1ccccc1CCNC(=O)COC(=O)[C@@H](C)Oc1ccc(F)cc1. The van der Waals surface area contributed by atoms with Gasteiger partial charge in [-0.3, -0.25) is 4.79 Å². The molecule has 0 saturated heterocycles. The van der Waals surface area contributed by atoms with Crippen molar-refractivity contribution in [3.63, 3.8) is 0 Å². The number of halogens is 1. The van der Waals surface area contributed by atoms with Gasteiger partial charge in [0.1, 0.15) is 11.6 Å². The molecule has 26 heavy (non-hydrogen) atoms. The summed E-state index contributed by atoms with van der Waals surface area (Å²) in [4.78, 5) is 23.6. The Bertz CT molecular complexity index is 746. The molecule has 0 bridgehead atoms. The number of carbonyl (C=O) groups excluding carboxylic acids is 2. The zero-order chi connectivity index (χ0) is 18.9. The fourth-order valence-corrected chi connectivity index (χ4v) is 2.30. The van der Waals surface area contributed by atoms with Crippen molar-refractivity contribution in [2.45, 2.75) is 26.4 Å². The van der Waals surface area contributed by atoms with Gasteiger partial charge in [-0.1, -0.05) is 24.3 Å². The van der Waals surface area contributed by atoms with Gasteiger partial charge in [0.15, 0.2) is 12.7 Å². The summed E-state index contributed by atoms with van der Waals surface area (Å²) in [5, 5.41) is 2.71. The minimum absolute atomic E-state index is 0.346. The molecule has 0 heterocycles. The van der Waals surface area contributed by atoms with Gasteiger partial charge in [-0.2, -0.15) is 0 Å². The van der Waals surface area contributed by atoms with Crippen LogP contribution in [0.1, 0.15) is 18.1 Å². The Kier molecular flexibility index (Phi) is 7.14. The minimum atomic E-state index is -0.903. The van der Waals surface area contributed by atoms with E-state index in [0.29, 0.717) is 18.7 Å². The summed E-state index contributed by atoms with van der Waals surface area (Å²) in [5.41, 5.74) is 2.33. The molecule has 1 atom stereocenters. The maximum Gasteiger partial charge on any atom is 0.347 e. The predicted octanol–water partition coefficient (Wildman–Crippen LogP) is 2.80. The first-order chi connectivity index (χ1) is 12.5. The molecular weight excluding hydrogens is 337 g/mol. The van der Waals surface area contributed by atoms with Crippen LogP contribution in [0.3, 0.4) is 0 Å². The van der Waals surface area contributed by atoms with Gasteiger partial charge in [0.05, 0.1) is 0 Å². The first kappa shape index (κ1) is 19.4. The van der Waals surface area contributed by atoms with Gasteiger partial charge >= 0.3 is 5.97 Å². The summed E-state index contributed by atoms with van der Waals surface area (Å²) in [6, 6.07) is 13.2. The number of carbonyl (C=O) groups is 2. The van der Waals surface area contributed by atoms with Crippen molar-refractivity contribution in [3.05, 3.63) is 65.5 Å². The Labute approximate surface area is 152 Å². The van der Waals surface area contributed by atoms with Crippen molar-refractivity contribution in [3.8, 4) is 5.75 Å². The zero-order valence-corrected chi connectivity index (χ0v) is 14.8. The molecule has 0 aliphatic carbocycles. The Balaban J connectivity index is 1.68. The monoisotopic (exact) mass is 359 g/mol. The van der Waals surface area contributed by atoms with Crippen LogP contribution in [0.25, 0.3) is 0 Å². The quantitative estimate of drug-likeness (QED) is 0.736. The molecule has 1 amide bonds. The standard InChI is InChI=1S/C20H22FNO4/c1-14-5-3-4-6-16(14)11-12-22-19(23)13-25-20(24)15(2)26-18-9-7-17(21)8-10-18/h3-10,15H,11-13H2,1-2H3,(H,22,23)/t15-/m1/s1. The molecule has 2 aromatic carbocycles. The number of benzene rings is 2. The Hall–Kier alpha value is -2.89. The highest BCUT2D eigenvalue weighted by molar-refractivity contribution is 5.81. The van der Waals surface area contributed by atoms with Crippen LogP contribution in [0.5, 0.6) is 5.75 Å². The van der Waals surface area contributed by atoms with E-state index in [1.54, 1.807) is 0 Å². The molecule has 0 aliphatic rings. The summed E-state index contributed by atoms with van der Waals surface area (Å²) in [7, 11) is 0. The molecular formula is C20H22FNO4. The minimum Gasteiger partial charge on any atom is -0.479 e. The van der Waals surface area contributed by atoms with Gasteiger partial charge < -0.3 is 14.8 Å². The van der Waals surface area contributed by atoms with Crippen molar-refractivity contribution < 1.29 is 23.5 Å². The van der Waals surface area contributed by atoms with E-state index < -0.39 is 17.9 Å². The lowest BCUT2D eigenvalue weighted by Gasteiger charge is -2.14. The van der Waals surface area contributed by atoms with Crippen LogP contribution in [-0.4, -0.2) is 31.1 Å². The summed E-state index contributed by atoms with van der Waals surface area (Å²) < 4.78 is 23.1. The number of rotatable bonds is 8. The Morgan fingerprint density at radius 3 is 2.50 bits per heavy atom. The van der Waals surface area contributed by atoms with E-state index in [1.807, 2.05) is 31.2 Å². The van der Waals surface area contributed by atoms with Gasteiger partial charge in [0.25, 0.3) is 5.91 Å². The highest BCUT2D eigenvalue weighted by Crippen LogP contribution is 2.13. The average Bonchev–Trinajstić information content (AvgIpc) is 2.63. The first-order valence-corrected chi connectivity index (χ1v) is 8.36. The number of amides is 1. The molecule has 6 heteroatoms. The second-order valence-electron chi connectivity index (χ2n) is 5.85. The number of ether oxygens (including phenoxy) is 2. The molecule has 2 aromatic rings. The predicted molar refractivity (Wildman–Crippen MR) is 95.3 cm³/mol. The average molecular weight is 359 g/mol. The molecule has 0 saturated carbocycles. The molecule has 5 nitrogen and oxygen atoms in total. The molecule has 0 radical (unpaired) electrons. The maximum atomic E-state index is 12.8. The highest BCUT2D eigenvalue weighted by Gasteiger charge is 2.17. The second kappa shape index (κ2) is 9.56. The topological polar surface area (TPSA) is 64.6 Å². The molecule has 0 unspecified atom stereocenters. The van der Waals surface area contributed by atoms with Crippen LogP contribution in [0, 0.1) is 12.7 Å². The number of aryl methyl sites for hydroxylation is 1. The second-order valence-corrected chi connectivity index (χ2v) is 5.85. The summed E-state index contributed by atoms with van der Waals surface area (Å²) in [5.74, 6) is -1.09. The van der Waals surface area contributed by atoms with Gasteiger partial charge in [0.2, 0.25) is 0 Å². The number of hydrogen-bond acceptors (Lipinski definition) is 4. The summed E-state index contributed by atoms with van der Waals surface area (Å²) >= 11 is 0. The number of hydrogen-bond donors (Lipinski definition) is 1. The van der Waals surface area contributed by atoms with Gasteiger partial charge in [-0.05, 0) is 55.7 Å². The highest BCUT2D eigenvalue weighted by atomic mass is 19.1. The molecule has 0 spiro atoms. The van der Waals surface area contributed by atoms with E-state index in [1.165, 1.54) is 36.8 Å². The fraction of sp³-hybridized carbons (Fsp3) is 0.300. The lowest BCUT2D eigenvalue weighted by molar-refractivity contribution is -0.154. The van der Waals surface area contributed by atoms with Crippen LogP contribution >= 0.6 is 0 Å². The van der Waals surface area contributed by atoms with Crippen LogP contribution in [0.15, 0.2) is 48.5 Å². The van der Waals surface area contributed by atoms with Gasteiger partial charge in [-0.15, -0.1) is 0 Å². The zero-order valence-electron chi connectivity index (χ0n) is 14.8. The smallest absolute Gasteiger partial charge is 0.347 e. The lowest BCUT2D eigenvalue weighted by atomic mass is 10.1. The van der Waals surface area contributed by atoms with Crippen LogP contribution in [0.4, 0.5) is 4.39 Å². The molecule has 138 valence electrons. The van der Waals surface area contributed by atoms with Crippen molar-refractivity contribution in [1.82, 2.24) is 5.32 Å². The van der Waals surface area contributed by atoms with E-state index in [4.69, 9.17) is 9.47 Å². The summed E-state index contributed by atoms with van der Waals surface area (Å²) in [6.45, 7) is 3.61. The van der Waals surface area contributed by atoms with Crippen LogP contribution in [0.2, 0.25) is 0 Å². The maximum absolute atomic E-state index is 12.8. The van der Waals surface area contributed by atoms with Crippen molar-refractivity contribution in [1.29, 1.82) is 0 Å². The lowest BCUT2D eigenvalue weighted by Crippen LogP contribution is -2.33. The van der Waals surface area contributed by atoms with E-state index in [0.717, 1.165) is 5.56 Å². The normalized spacial score (nSPS) is 11.5. The molecule has 2 rings (SSSR count). The van der Waals surface area contributed by atoms with Gasteiger partial charge in [-0.25, -0.2) is 9.18 Å². The Morgan fingerprint density at radius 2 is 1.81 bits per heavy atom. The van der Waals surface area contributed by atoms with Crippen LogP contribution in [-0.2, 0) is 20.7 Å². The van der Waals surface area contributed by atoms with Crippen molar-refractivity contribution >= 4 is 11.9 Å². The molecule has 0 aliphatic heterocycles. The third-order valence-corrected chi connectivity index (χ3v) is 3.78. The Morgan fingerprint density at radius 1 is 1.12 bits per heavy atom. The third-order valence-electron chi connectivity index (χ3n) is 3.78. The molecule has 0 fully saturated rings. The molecule has 1 N–H and O–H groups in total. The van der Waals surface area contributed by atoms with Crippen molar-refractivity contribution in [2.24, 2.45) is 0 Å². The number of nitrogens with one attached hydrogen (secondary N) is 1. The largest absolute Gasteiger partial charge is 0.479 e. The number of esters is 1.